The Morgan fingerprint density at radius 3 is 2.44 bits per heavy atom. The van der Waals surface area contributed by atoms with Crippen molar-refractivity contribution >= 4 is 0 Å². The molecular formula is C7H13O2. The summed E-state index contributed by atoms with van der Waals surface area (Å²) in [7, 11) is 1.69. The minimum absolute atomic E-state index is 0.245. The minimum Gasteiger partial charge on any atom is -0.380 e. The van der Waals surface area contributed by atoms with Crippen molar-refractivity contribution in [2.24, 2.45) is 5.41 Å². The first-order valence-corrected chi connectivity index (χ1v) is 3.28. The van der Waals surface area contributed by atoms with Gasteiger partial charge in [0.05, 0.1) is 19.8 Å². The fourth-order valence-corrected chi connectivity index (χ4v) is 0.970. The molecule has 0 aromatic carbocycles. The summed E-state index contributed by atoms with van der Waals surface area (Å²) < 4.78 is 10.0. The molecule has 1 radical (unpaired) electrons. The maximum Gasteiger partial charge on any atom is 0.0940 e. The maximum atomic E-state index is 5.07. The van der Waals surface area contributed by atoms with Gasteiger partial charge < -0.3 is 9.47 Å². The molecule has 1 fully saturated rings. The van der Waals surface area contributed by atoms with Crippen molar-refractivity contribution in [2.75, 3.05) is 20.3 Å². The average Bonchev–Trinajstić information content (AvgIpc) is 1.79. The fourth-order valence-electron chi connectivity index (χ4n) is 0.970. The van der Waals surface area contributed by atoms with Crippen LogP contribution in [0.1, 0.15) is 13.3 Å². The van der Waals surface area contributed by atoms with Gasteiger partial charge in [0.2, 0.25) is 0 Å². The van der Waals surface area contributed by atoms with Crippen molar-refractivity contribution in [3.05, 3.63) is 6.61 Å². The summed E-state index contributed by atoms with van der Waals surface area (Å²) in [6, 6.07) is 0. The Morgan fingerprint density at radius 1 is 1.67 bits per heavy atom. The highest BCUT2D eigenvalue weighted by molar-refractivity contribution is 4.91. The van der Waals surface area contributed by atoms with E-state index in [9.17, 15) is 0 Å². The Hall–Kier alpha value is -0.0800. The van der Waals surface area contributed by atoms with E-state index in [1.54, 1.807) is 7.11 Å². The smallest absolute Gasteiger partial charge is 0.0940 e. The first-order chi connectivity index (χ1) is 4.33. The number of hydrogen-bond acceptors (Lipinski definition) is 2. The highest BCUT2D eigenvalue weighted by Crippen LogP contribution is 2.33. The average molecular weight is 129 g/mol. The molecule has 1 aliphatic rings. The van der Waals surface area contributed by atoms with Gasteiger partial charge in [-0.25, -0.2) is 0 Å². The highest BCUT2D eigenvalue weighted by Gasteiger charge is 2.37. The lowest BCUT2D eigenvalue weighted by molar-refractivity contribution is -0.118. The summed E-state index contributed by atoms with van der Waals surface area (Å²) in [5.41, 5.74) is 0.245. The number of methoxy groups -OCH3 is 1. The molecule has 0 amide bonds. The normalized spacial score (nSPS) is 23.3. The van der Waals surface area contributed by atoms with Crippen LogP contribution in [-0.4, -0.2) is 20.3 Å². The van der Waals surface area contributed by atoms with Crippen molar-refractivity contribution in [1.29, 1.82) is 0 Å². The Labute approximate surface area is 56.2 Å². The predicted octanol–water partition coefficient (Wildman–Crippen LogP) is 1.22. The van der Waals surface area contributed by atoms with Crippen molar-refractivity contribution in [1.82, 2.24) is 0 Å². The van der Waals surface area contributed by atoms with Gasteiger partial charge in [-0.15, -0.1) is 0 Å². The zero-order valence-electron chi connectivity index (χ0n) is 6.02. The lowest BCUT2D eigenvalue weighted by atomic mass is 9.84. The molecule has 53 valence electrons. The van der Waals surface area contributed by atoms with Crippen molar-refractivity contribution < 1.29 is 9.47 Å². The number of hydrogen-bond donors (Lipinski definition) is 0. The summed E-state index contributed by atoms with van der Waals surface area (Å²) in [6.45, 7) is 5.70. The zero-order valence-corrected chi connectivity index (χ0v) is 6.02. The first kappa shape index (κ1) is 7.03. The van der Waals surface area contributed by atoms with E-state index < -0.39 is 0 Å². The second kappa shape index (κ2) is 2.67. The van der Waals surface area contributed by atoms with E-state index in [-0.39, 0.29) is 5.41 Å². The van der Waals surface area contributed by atoms with Gasteiger partial charge in [0.25, 0.3) is 0 Å². The van der Waals surface area contributed by atoms with Crippen molar-refractivity contribution in [3.63, 3.8) is 0 Å². The standard InChI is InChI=1S/C7H13O2/c1-3-7(4-8-2)5-9-6-7/h4H,3,5-6H2,1-2H3. The Bertz CT molecular complexity index is 81.4. The van der Waals surface area contributed by atoms with E-state index in [2.05, 4.69) is 6.92 Å². The number of ether oxygens (including phenoxy) is 2. The predicted molar refractivity (Wildman–Crippen MR) is 34.9 cm³/mol. The van der Waals surface area contributed by atoms with Crippen LogP contribution in [0, 0.1) is 12.0 Å². The summed E-state index contributed by atoms with van der Waals surface area (Å²) in [5, 5.41) is 0. The van der Waals surface area contributed by atoms with Crippen LogP contribution >= 0.6 is 0 Å². The Morgan fingerprint density at radius 2 is 2.33 bits per heavy atom. The van der Waals surface area contributed by atoms with Gasteiger partial charge in [-0.3, -0.25) is 0 Å². The van der Waals surface area contributed by atoms with Gasteiger partial charge in [-0.1, -0.05) is 6.92 Å². The van der Waals surface area contributed by atoms with E-state index in [0.29, 0.717) is 0 Å². The molecule has 1 aliphatic heterocycles. The molecule has 0 aromatic heterocycles. The van der Waals surface area contributed by atoms with Gasteiger partial charge in [0, 0.05) is 12.5 Å². The molecule has 0 saturated carbocycles. The van der Waals surface area contributed by atoms with Crippen LogP contribution in [-0.2, 0) is 9.47 Å². The topological polar surface area (TPSA) is 18.5 Å². The van der Waals surface area contributed by atoms with Gasteiger partial charge >= 0.3 is 0 Å². The minimum atomic E-state index is 0.245. The monoisotopic (exact) mass is 129 g/mol. The third-order valence-electron chi connectivity index (χ3n) is 1.85. The molecule has 0 aromatic rings. The third kappa shape index (κ3) is 1.25. The molecule has 1 rings (SSSR count). The van der Waals surface area contributed by atoms with E-state index in [4.69, 9.17) is 9.47 Å². The molecule has 0 atom stereocenters. The van der Waals surface area contributed by atoms with Gasteiger partial charge in [0.15, 0.2) is 0 Å². The molecule has 0 aliphatic carbocycles. The highest BCUT2D eigenvalue weighted by atomic mass is 16.5. The van der Waals surface area contributed by atoms with E-state index >= 15 is 0 Å². The summed E-state index contributed by atoms with van der Waals surface area (Å²) in [4.78, 5) is 0. The van der Waals surface area contributed by atoms with Gasteiger partial charge in [-0.05, 0) is 6.42 Å². The van der Waals surface area contributed by atoms with E-state index in [0.717, 1.165) is 19.6 Å². The molecule has 2 nitrogen and oxygen atoms in total. The quantitative estimate of drug-likeness (QED) is 0.570. The second-order valence-electron chi connectivity index (χ2n) is 2.56. The Kier molecular flexibility index (Phi) is 2.09. The van der Waals surface area contributed by atoms with Crippen LogP contribution in [0.25, 0.3) is 0 Å². The second-order valence-corrected chi connectivity index (χ2v) is 2.56. The molecule has 2 heteroatoms. The summed E-state index contributed by atoms with van der Waals surface area (Å²) >= 11 is 0. The SMILES string of the molecule is CCC1([CH]OC)COC1. The maximum absolute atomic E-state index is 5.07. The molecular weight excluding hydrogens is 116 g/mol. The molecule has 1 saturated heterocycles. The van der Waals surface area contributed by atoms with Crippen LogP contribution in [0.2, 0.25) is 0 Å². The molecule has 9 heavy (non-hydrogen) atoms. The third-order valence-corrected chi connectivity index (χ3v) is 1.85. The summed E-state index contributed by atoms with van der Waals surface area (Å²) in [6.07, 6.45) is 1.11. The lowest BCUT2D eigenvalue weighted by Crippen LogP contribution is -2.42. The Balaban J connectivity index is 2.28. The lowest BCUT2D eigenvalue weighted by Gasteiger charge is -2.39. The van der Waals surface area contributed by atoms with Crippen LogP contribution in [0.15, 0.2) is 0 Å². The van der Waals surface area contributed by atoms with Crippen LogP contribution in [0.4, 0.5) is 0 Å². The molecule has 0 spiro atoms. The summed E-state index contributed by atoms with van der Waals surface area (Å²) in [5.74, 6) is 0. The first-order valence-electron chi connectivity index (χ1n) is 3.28. The van der Waals surface area contributed by atoms with Crippen molar-refractivity contribution in [3.8, 4) is 0 Å². The molecule has 0 unspecified atom stereocenters. The number of rotatable bonds is 3. The molecule has 0 N–H and O–H groups in total. The van der Waals surface area contributed by atoms with Crippen LogP contribution in [0.5, 0.6) is 0 Å². The fraction of sp³-hybridized carbons (Fsp3) is 0.857. The van der Waals surface area contributed by atoms with Gasteiger partial charge in [0.1, 0.15) is 0 Å². The van der Waals surface area contributed by atoms with Crippen molar-refractivity contribution in [2.45, 2.75) is 13.3 Å². The van der Waals surface area contributed by atoms with Gasteiger partial charge in [-0.2, -0.15) is 0 Å². The van der Waals surface area contributed by atoms with Crippen LogP contribution < -0.4 is 0 Å². The van der Waals surface area contributed by atoms with E-state index in [1.807, 2.05) is 6.61 Å². The van der Waals surface area contributed by atoms with Crippen LogP contribution in [0.3, 0.4) is 0 Å². The molecule has 0 bridgehead atoms. The largest absolute Gasteiger partial charge is 0.380 e. The van der Waals surface area contributed by atoms with E-state index in [1.165, 1.54) is 0 Å². The zero-order chi connectivity index (χ0) is 6.74. The molecule has 1 heterocycles.